The molecule has 2 N–H and O–H groups in total. The molecule has 3 rings (SSSR count). The van der Waals surface area contributed by atoms with E-state index in [1.54, 1.807) is 37.3 Å². The van der Waals surface area contributed by atoms with Crippen LogP contribution in [-0.2, 0) is 9.59 Å². The number of aromatic hydroxyl groups is 1. The fourth-order valence-electron chi connectivity index (χ4n) is 4.56. The zero-order valence-corrected chi connectivity index (χ0v) is 22.6. The molecule has 0 spiro atoms. The van der Waals surface area contributed by atoms with Gasteiger partial charge in [0, 0.05) is 18.7 Å². The molecule has 0 aliphatic carbocycles. The number of nitrogens with zero attached hydrogens (tertiary/aromatic N) is 2. The van der Waals surface area contributed by atoms with Crippen molar-refractivity contribution in [2.24, 2.45) is 0 Å². The predicted octanol–water partition coefficient (Wildman–Crippen LogP) is 4.65. The van der Waals surface area contributed by atoms with Crippen LogP contribution in [0.1, 0.15) is 57.4 Å². The summed E-state index contributed by atoms with van der Waals surface area (Å²) in [7, 11) is 0. The zero-order valence-electron chi connectivity index (χ0n) is 22.6. The van der Waals surface area contributed by atoms with Crippen LogP contribution in [0.4, 0.5) is 0 Å². The van der Waals surface area contributed by atoms with E-state index in [-0.39, 0.29) is 28.9 Å². The summed E-state index contributed by atoms with van der Waals surface area (Å²) in [6.45, 7) is 14.4. The van der Waals surface area contributed by atoms with Gasteiger partial charge in [-0.05, 0) is 82.2 Å². The van der Waals surface area contributed by atoms with Gasteiger partial charge in [-0.3, -0.25) is 9.59 Å². The highest BCUT2D eigenvalue weighted by molar-refractivity contribution is 6.46. The van der Waals surface area contributed by atoms with Crippen LogP contribution in [0.5, 0.6) is 17.2 Å². The van der Waals surface area contributed by atoms with E-state index in [9.17, 15) is 19.8 Å². The first-order valence-corrected chi connectivity index (χ1v) is 12.9. The fourth-order valence-corrected chi connectivity index (χ4v) is 4.56. The van der Waals surface area contributed by atoms with E-state index in [0.717, 1.165) is 18.7 Å². The maximum Gasteiger partial charge on any atom is 0.295 e. The number of hydrogen-bond donors (Lipinski definition) is 2. The Labute approximate surface area is 219 Å². The Morgan fingerprint density at radius 1 is 1.05 bits per heavy atom. The molecule has 1 atom stereocenters. The van der Waals surface area contributed by atoms with Crippen molar-refractivity contribution in [1.29, 1.82) is 0 Å². The Kier molecular flexibility index (Phi) is 9.21. The predicted molar refractivity (Wildman–Crippen MR) is 143 cm³/mol. The van der Waals surface area contributed by atoms with E-state index in [1.807, 2.05) is 34.6 Å². The quantitative estimate of drug-likeness (QED) is 0.258. The van der Waals surface area contributed by atoms with Crippen LogP contribution < -0.4 is 9.47 Å². The number of aliphatic hydroxyl groups excluding tert-OH is 1. The minimum absolute atomic E-state index is 0.00890. The highest BCUT2D eigenvalue weighted by Gasteiger charge is 2.46. The van der Waals surface area contributed by atoms with Gasteiger partial charge in [0.25, 0.3) is 11.7 Å². The highest BCUT2D eigenvalue weighted by Crippen LogP contribution is 2.42. The molecule has 0 saturated carbocycles. The van der Waals surface area contributed by atoms with Crippen LogP contribution in [0, 0.1) is 6.92 Å². The van der Waals surface area contributed by atoms with E-state index in [4.69, 9.17) is 9.47 Å². The maximum absolute atomic E-state index is 13.3. The largest absolute Gasteiger partial charge is 0.507 e. The first-order chi connectivity index (χ1) is 17.6. The Morgan fingerprint density at radius 3 is 2.35 bits per heavy atom. The second-order valence-electron chi connectivity index (χ2n) is 9.33. The molecule has 37 heavy (non-hydrogen) atoms. The van der Waals surface area contributed by atoms with Crippen LogP contribution >= 0.6 is 0 Å². The third-order valence-corrected chi connectivity index (χ3v) is 6.50. The smallest absolute Gasteiger partial charge is 0.295 e. The number of carbonyl (C=O) groups excluding carboxylic acids is 2. The summed E-state index contributed by atoms with van der Waals surface area (Å²) in [5, 5.41) is 21.6. The lowest BCUT2D eigenvalue weighted by Gasteiger charge is -2.28. The van der Waals surface area contributed by atoms with Crippen LogP contribution in [-0.4, -0.2) is 70.6 Å². The topological polar surface area (TPSA) is 99.5 Å². The van der Waals surface area contributed by atoms with Crippen LogP contribution in [0.15, 0.2) is 42.0 Å². The van der Waals surface area contributed by atoms with Gasteiger partial charge < -0.3 is 29.5 Å². The summed E-state index contributed by atoms with van der Waals surface area (Å²) in [5.41, 5.74) is 1.80. The highest BCUT2D eigenvalue weighted by atomic mass is 16.5. The number of Topliss-reactive ketones (excluding diaryl/α,β-unsaturated/α-hetero) is 1. The lowest BCUT2D eigenvalue weighted by molar-refractivity contribution is -0.140. The number of benzene rings is 2. The summed E-state index contributed by atoms with van der Waals surface area (Å²) in [4.78, 5) is 30.3. The second kappa shape index (κ2) is 12.1. The molecule has 0 radical (unpaired) electrons. The van der Waals surface area contributed by atoms with Crippen molar-refractivity contribution in [2.45, 2.75) is 53.7 Å². The number of likely N-dealkylation sites (tertiary alicyclic amines) is 1. The van der Waals surface area contributed by atoms with Gasteiger partial charge in [0.15, 0.2) is 11.5 Å². The molecule has 1 aliphatic rings. The normalized spacial score (nSPS) is 17.2. The van der Waals surface area contributed by atoms with Crippen LogP contribution in [0.3, 0.4) is 0 Å². The Hall–Kier alpha value is -3.52. The number of carbonyl (C=O) groups is 2. The number of aryl methyl sites for hydroxylation is 1. The molecule has 2 aromatic carbocycles. The standard InChI is InChI=1S/C29H38N2O6/c1-7-30(8-2)14-15-31-26(20-10-12-22(32)24(17-20)36-9-3)25(28(34)29(31)35)27(33)21-11-13-23(19(6)16-21)37-18(4)5/h10-13,16-18,26,32-33H,7-9,14-15H2,1-6H3/b27-25+/t26-/m1/s1. The van der Waals surface area contributed by atoms with Crippen molar-refractivity contribution in [1.82, 2.24) is 9.80 Å². The van der Waals surface area contributed by atoms with E-state index in [1.165, 1.54) is 11.0 Å². The molecule has 2 aromatic rings. The molecule has 200 valence electrons. The number of phenolic OH excluding ortho intramolecular Hbond substituents is 1. The first kappa shape index (κ1) is 28.1. The SMILES string of the molecule is CCOc1cc([C@@H]2/C(=C(\O)c3ccc(OC(C)C)c(C)c3)C(=O)C(=O)N2CCN(CC)CC)ccc1O. The van der Waals surface area contributed by atoms with Crippen molar-refractivity contribution in [3.8, 4) is 17.2 Å². The number of likely N-dealkylation sites (N-methyl/N-ethyl adjacent to an activating group) is 1. The second-order valence-corrected chi connectivity index (χ2v) is 9.33. The fraction of sp³-hybridized carbons (Fsp3) is 0.448. The molecule has 1 aliphatic heterocycles. The number of aliphatic hydroxyl groups is 1. The van der Waals surface area contributed by atoms with Crippen molar-refractivity contribution in [3.05, 3.63) is 58.7 Å². The molecular weight excluding hydrogens is 472 g/mol. The molecule has 1 fully saturated rings. The Balaban J connectivity index is 2.14. The third-order valence-electron chi connectivity index (χ3n) is 6.50. The van der Waals surface area contributed by atoms with Gasteiger partial charge in [-0.15, -0.1) is 0 Å². The van der Waals surface area contributed by atoms with Gasteiger partial charge >= 0.3 is 0 Å². The van der Waals surface area contributed by atoms with Gasteiger partial charge in [0.2, 0.25) is 0 Å². The molecule has 8 heteroatoms. The minimum Gasteiger partial charge on any atom is -0.507 e. The van der Waals surface area contributed by atoms with Gasteiger partial charge in [0.05, 0.1) is 24.3 Å². The minimum atomic E-state index is -0.831. The number of ketones is 1. The van der Waals surface area contributed by atoms with Crippen LogP contribution in [0.2, 0.25) is 0 Å². The Morgan fingerprint density at radius 2 is 1.76 bits per heavy atom. The molecule has 8 nitrogen and oxygen atoms in total. The third kappa shape index (κ3) is 6.07. The summed E-state index contributed by atoms with van der Waals surface area (Å²) in [6, 6.07) is 9.10. The van der Waals surface area contributed by atoms with Gasteiger partial charge in [-0.1, -0.05) is 19.9 Å². The average Bonchev–Trinajstić information content (AvgIpc) is 3.11. The molecule has 1 amide bonds. The van der Waals surface area contributed by atoms with Gasteiger partial charge in [-0.2, -0.15) is 0 Å². The van der Waals surface area contributed by atoms with E-state index in [2.05, 4.69) is 4.90 Å². The van der Waals surface area contributed by atoms with Crippen molar-refractivity contribution < 1.29 is 29.3 Å². The Bertz CT molecular complexity index is 1170. The monoisotopic (exact) mass is 510 g/mol. The molecule has 0 aromatic heterocycles. The first-order valence-electron chi connectivity index (χ1n) is 12.9. The van der Waals surface area contributed by atoms with Crippen molar-refractivity contribution in [3.63, 3.8) is 0 Å². The molecule has 0 bridgehead atoms. The lowest BCUT2D eigenvalue weighted by Crippen LogP contribution is -2.38. The summed E-state index contributed by atoms with van der Waals surface area (Å²) in [5.74, 6) is -0.765. The summed E-state index contributed by atoms with van der Waals surface area (Å²) < 4.78 is 11.4. The maximum atomic E-state index is 13.3. The van der Waals surface area contributed by atoms with E-state index in [0.29, 0.717) is 36.6 Å². The average molecular weight is 511 g/mol. The number of ether oxygens (including phenoxy) is 2. The summed E-state index contributed by atoms with van der Waals surface area (Å²) >= 11 is 0. The molecule has 1 heterocycles. The van der Waals surface area contributed by atoms with Crippen LogP contribution in [0.25, 0.3) is 5.76 Å². The number of phenols is 1. The number of rotatable bonds is 11. The van der Waals surface area contributed by atoms with E-state index < -0.39 is 17.7 Å². The number of hydrogen-bond acceptors (Lipinski definition) is 7. The van der Waals surface area contributed by atoms with Crippen molar-refractivity contribution >= 4 is 17.4 Å². The summed E-state index contributed by atoms with van der Waals surface area (Å²) in [6.07, 6.45) is -0.0108. The van der Waals surface area contributed by atoms with Crippen molar-refractivity contribution in [2.75, 3.05) is 32.8 Å². The lowest BCUT2D eigenvalue weighted by atomic mass is 9.94. The van der Waals surface area contributed by atoms with E-state index >= 15 is 0 Å². The molecule has 1 saturated heterocycles. The molecule has 0 unspecified atom stereocenters. The number of amides is 1. The zero-order chi connectivity index (χ0) is 27.3. The van der Waals surface area contributed by atoms with Gasteiger partial charge in [-0.25, -0.2) is 0 Å². The molecular formula is C29H38N2O6. The van der Waals surface area contributed by atoms with Gasteiger partial charge in [0.1, 0.15) is 11.5 Å².